The molecule has 1 saturated heterocycles. The number of hydrogen-bond acceptors (Lipinski definition) is 7. The van der Waals surface area contributed by atoms with E-state index in [1.807, 2.05) is 0 Å². The first-order valence-corrected chi connectivity index (χ1v) is 5.16. The summed E-state index contributed by atoms with van der Waals surface area (Å²) in [5.74, 6) is -0.0936. The number of nitrogens with zero attached hydrogens (tertiary/aromatic N) is 2. The Morgan fingerprint density at radius 1 is 1.61 bits per heavy atom. The van der Waals surface area contributed by atoms with E-state index in [2.05, 4.69) is 4.98 Å². The molecule has 1 aromatic rings. The van der Waals surface area contributed by atoms with Crippen LogP contribution in [0.25, 0.3) is 0 Å². The van der Waals surface area contributed by atoms with Crippen LogP contribution in [0.3, 0.4) is 0 Å². The Kier molecular flexibility index (Phi) is 3.57. The van der Waals surface area contributed by atoms with Crippen LogP contribution in [-0.4, -0.2) is 50.0 Å². The molecule has 0 radical (unpaired) electrons. The molecule has 8 nitrogen and oxygen atoms in total. The summed E-state index contributed by atoms with van der Waals surface area (Å²) in [5, 5.41) is 26.9. The third-order valence-electron chi connectivity index (χ3n) is 2.69. The molecule has 1 fully saturated rings. The maximum absolute atomic E-state index is 13.7. The standard InChI is InChI=1S/C9H12FN3O5/c10-6-7(15)4(3-14)18-8(6)13-2-1-5(12-17)11-9(13)16/h1-2,4,6-8,14-15,17H,3H2,(H,11,12,16). The second-order valence-electron chi connectivity index (χ2n) is 3.80. The van der Waals surface area contributed by atoms with Gasteiger partial charge in [0.05, 0.1) is 6.61 Å². The van der Waals surface area contributed by atoms with Crippen molar-refractivity contribution in [3.8, 4) is 0 Å². The maximum Gasteiger partial charge on any atom is 0.351 e. The van der Waals surface area contributed by atoms with E-state index in [1.165, 1.54) is 6.07 Å². The van der Waals surface area contributed by atoms with Crippen LogP contribution in [0.5, 0.6) is 0 Å². The first-order chi connectivity index (χ1) is 8.58. The molecule has 0 aromatic carbocycles. The summed E-state index contributed by atoms with van der Waals surface area (Å²) in [6.45, 7) is -0.559. The van der Waals surface area contributed by atoms with Crippen molar-refractivity contribution in [2.75, 3.05) is 12.1 Å². The number of rotatable bonds is 3. The van der Waals surface area contributed by atoms with E-state index in [-0.39, 0.29) is 5.82 Å². The van der Waals surface area contributed by atoms with Crippen LogP contribution in [0.1, 0.15) is 6.23 Å². The fourth-order valence-electron chi connectivity index (χ4n) is 1.75. The molecule has 100 valence electrons. The molecule has 1 aliphatic rings. The fourth-order valence-corrected chi connectivity index (χ4v) is 1.75. The Morgan fingerprint density at radius 3 is 2.83 bits per heavy atom. The molecule has 9 heteroatoms. The highest BCUT2D eigenvalue weighted by Gasteiger charge is 2.45. The summed E-state index contributed by atoms with van der Waals surface area (Å²) in [5.41, 5.74) is 0.823. The highest BCUT2D eigenvalue weighted by molar-refractivity contribution is 5.28. The van der Waals surface area contributed by atoms with Gasteiger partial charge in [0.25, 0.3) is 0 Å². The lowest BCUT2D eigenvalue weighted by atomic mass is 10.1. The molecule has 1 aliphatic heterocycles. The summed E-state index contributed by atoms with van der Waals surface area (Å²) < 4.78 is 19.6. The summed E-state index contributed by atoms with van der Waals surface area (Å²) >= 11 is 0. The number of anilines is 1. The lowest BCUT2D eigenvalue weighted by Crippen LogP contribution is -2.33. The molecule has 0 bridgehead atoms. The van der Waals surface area contributed by atoms with Crippen molar-refractivity contribution in [3.05, 3.63) is 22.7 Å². The van der Waals surface area contributed by atoms with Crippen molar-refractivity contribution in [1.29, 1.82) is 0 Å². The zero-order chi connectivity index (χ0) is 13.3. The monoisotopic (exact) mass is 261 g/mol. The Bertz CT molecular complexity index is 482. The lowest BCUT2D eigenvalue weighted by molar-refractivity contribution is -0.0491. The Hall–Kier alpha value is -1.55. The van der Waals surface area contributed by atoms with Gasteiger partial charge in [0.15, 0.2) is 18.2 Å². The quantitative estimate of drug-likeness (QED) is 0.496. The van der Waals surface area contributed by atoms with Gasteiger partial charge in [-0.1, -0.05) is 0 Å². The van der Waals surface area contributed by atoms with Crippen LogP contribution in [-0.2, 0) is 4.74 Å². The number of aromatic nitrogens is 2. The maximum atomic E-state index is 13.7. The molecule has 2 heterocycles. The largest absolute Gasteiger partial charge is 0.394 e. The average molecular weight is 261 g/mol. The second kappa shape index (κ2) is 4.98. The summed E-state index contributed by atoms with van der Waals surface area (Å²) in [6.07, 6.45) is -4.65. The molecule has 0 spiro atoms. The predicted octanol–water partition coefficient (Wildman–Crippen LogP) is -1.37. The van der Waals surface area contributed by atoms with Gasteiger partial charge in [-0.05, 0) is 6.07 Å². The van der Waals surface area contributed by atoms with Crippen molar-refractivity contribution in [3.63, 3.8) is 0 Å². The van der Waals surface area contributed by atoms with E-state index < -0.39 is 36.9 Å². The molecule has 2 rings (SSSR count). The minimum atomic E-state index is -1.85. The van der Waals surface area contributed by atoms with Crippen LogP contribution >= 0.6 is 0 Å². The van der Waals surface area contributed by atoms with Gasteiger partial charge < -0.3 is 14.9 Å². The molecule has 0 aliphatic carbocycles. The summed E-state index contributed by atoms with van der Waals surface area (Å²) in [7, 11) is 0. The van der Waals surface area contributed by atoms with E-state index in [9.17, 15) is 14.3 Å². The van der Waals surface area contributed by atoms with Crippen molar-refractivity contribution >= 4 is 5.82 Å². The van der Waals surface area contributed by atoms with Gasteiger partial charge in [0, 0.05) is 6.20 Å². The first-order valence-electron chi connectivity index (χ1n) is 5.16. The van der Waals surface area contributed by atoms with E-state index >= 15 is 0 Å². The van der Waals surface area contributed by atoms with Gasteiger partial charge >= 0.3 is 5.69 Å². The van der Waals surface area contributed by atoms with Crippen LogP contribution < -0.4 is 11.2 Å². The number of hydrogen-bond donors (Lipinski definition) is 4. The molecule has 4 atom stereocenters. The van der Waals surface area contributed by atoms with E-state index in [4.69, 9.17) is 15.1 Å². The third-order valence-corrected chi connectivity index (χ3v) is 2.69. The van der Waals surface area contributed by atoms with E-state index in [0.717, 1.165) is 10.8 Å². The normalized spacial score (nSPS) is 31.6. The first kappa shape index (κ1) is 12.9. The van der Waals surface area contributed by atoms with Crippen LogP contribution in [0.15, 0.2) is 17.1 Å². The lowest BCUT2D eigenvalue weighted by Gasteiger charge is -2.15. The molecule has 4 unspecified atom stereocenters. The van der Waals surface area contributed by atoms with Gasteiger partial charge in [-0.2, -0.15) is 4.98 Å². The number of nitrogens with one attached hydrogen (secondary N) is 1. The number of ether oxygens (including phenoxy) is 1. The molecular formula is C9H12FN3O5. The van der Waals surface area contributed by atoms with E-state index in [0.29, 0.717) is 0 Å². The van der Waals surface area contributed by atoms with Crippen molar-refractivity contribution in [2.24, 2.45) is 0 Å². The number of alkyl halides is 1. The minimum absolute atomic E-state index is 0.0936. The van der Waals surface area contributed by atoms with Gasteiger partial charge in [-0.15, -0.1) is 0 Å². The summed E-state index contributed by atoms with van der Waals surface area (Å²) in [6, 6.07) is 1.23. The predicted molar refractivity (Wildman–Crippen MR) is 55.8 cm³/mol. The topological polar surface area (TPSA) is 117 Å². The smallest absolute Gasteiger partial charge is 0.351 e. The van der Waals surface area contributed by atoms with Crippen molar-refractivity contribution in [1.82, 2.24) is 9.55 Å². The Balaban J connectivity index is 2.30. The van der Waals surface area contributed by atoms with Crippen LogP contribution in [0.4, 0.5) is 10.2 Å². The molecule has 0 amide bonds. The molecule has 4 N–H and O–H groups in total. The van der Waals surface area contributed by atoms with Crippen LogP contribution in [0, 0.1) is 0 Å². The number of aliphatic hydroxyl groups excluding tert-OH is 2. The Labute approximate surface area is 100 Å². The average Bonchev–Trinajstić information content (AvgIpc) is 2.66. The molecular weight excluding hydrogens is 249 g/mol. The summed E-state index contributed by atoms with van der Waals surface area (Å²) in [4.78, 5) is 14.9. The van der Waals surface area contributed by atoms with Gasteiger partial charge in [0.2, 0.25) is 0 Å². The fraction of sp³-hybridized carbons (Fsp3) is 0.556. The number of halogens is 1. The van der Waals surface area contributed by atoms with Crippen molar-refractivity contribution in [2.45, 2.75) is 24.6 Å². The minimum Gasteiger partial charge on any atom is -0.394 e. The third kappa shape index (κ3) is 2.08. The molecule has 0 saturated carbocycles. The van der Waals surface area contributed by atoms with Gasteiger partial charge in [-0.25, -0.2) is 9.18 Å². The zero-order valence-electron chi connectivity index (χ0n) is 9.10. The molecule has 1 aromatic heterocycles. The van der Waals surface area contributed by atoms with Gasteiger partial charge in [0.1, 0.15) is 12.2 Å². The van der Waals surface area contributed by atoms with Gasteiger partial charge in [-0.3, -0.25) is 15.3 Å². The van der Waals surface area contributed by atoms with Crippen LogP contribution in [0.2, 0.25) is 0 Å². The highest BCUT2D eigenvalue weighted by atomic mass is 19.1. The highest BCUT2D eigenvalue weighted by Crippen LogP contribution is 2.30. The molecule has 18 heavy (non-hydrogen) atoms. The van der Waals surface area contributed by atoms with Crippen molar-refractivity contribution < 1.29 is 24.5 Å². The second-order valence-corrected chi connectivity index (χ2v) is 3.80. The number of aliphatic hydroxyl groups is 2. The zero-order valence-corrected chi connectivity index (χ0v) is 9.10. The van der Waals surface area contributed by atoms with E-state index in [1.54, 1.807) is 5.48 Å². The SMILES string of the molecule is O=c1nc(NO)ccn1C1OC(CO)C(O)C1F. The Morgan fingerprint density at radius 2 is 2.33 bits per heavy atom.